The van der Waals surface area contributed by atoms with Crippen molar-refractivity contribution in [3.8, 4) is 11.3 Å². The quantitative estimate of drug-likeness (QED) is 0.233. The van der Waals surface area contributed by atoms with Gasteiger partial charge in [-0.3, -0.25) is 9.78 Å². The number of amides is 1. The second-order valence-electron chi connectivity index (χ2n) is 6.77. The summed E-state index contributed by atoms with van der Waals surface area (Å²) in [7, 11) is 0. The van der Waals surface area contributed by atoms with Gasteiger partial charge in [0, 0.05) is 41.6 Å². The number of aromatic amines is 1. The summed E-state index contributed by atoms with van der Waals surface area (Å²) in [5, 5.41) is 4.45. The number of nitrogens with zero attached hydrogens (tertiary/aromatic N) is 4. The van der Waals surface area contributed by atoms with Crippen molar-refractivity contribution in [2.24, 2.45) is 16.5 Å². The van der Waals surface area contributed by atoms with Gasteiger partial charge in [-0.1, -0.05) is 18.2 Å². The smallest absolute Gasteiger partial charge is 0.302 e. The fourth-order valence-corrected chi connectivity index (χ4v) is 3.26. The van der Waals surface area contributed by atoms with Crippen LogP contribution in [0.15, 0.2) is 60.0 Å². The molecule has 0 spiro atoms. The molecule has 10 nitrogen and oxygen atoms in total. The van der Waals surface area contributed by atoms with Gasteiger partial charge in [0.25, 0.3) is 0 Å². The van der Waals surface area contributed by atoms with E-state index in [1.807, 2.05) is 24.4 Å². The lowest BCUT2D eigenvalue weighted by Crippen LogP contribution is -2.25. The van der Waals surface area contributed by atoms with Crippen LogP contribution in [0.1, 0.15) is 16.1 Å². The third-order valence-corrected chi connectivity index (χ3v) is 4.67. The number of pyridine rings is 1. The standard InChI is InChI=1S/C21H21N9O/c22-18-17(20(31)30-21(23)24)28-16(12-5-8-25-9-6-12)19(29-18)26-10-7-13-11-27-15-4-2-1-3-14(13)15/h1-6,8-9,11,27H,7,10H2,(H3,22,26,29)(H4,23,24,30,31). The lowest BCUT2D eigenvalue weighted by molar-refractivity contribution is 0.0998. The van der Waals surface area contributed by atoms with Crippen LogP contribution < -0.4 is 22.5 Å². The Morgan fingerprint density at radius 3 is 2.65 bits per heavy atom. The topological polar surface area (TPSA) is 174 Å². The normalized spacial score (nSPS) is 10.7. The number of carbonyl (C=O) groups is 1. The fraction of sp³-hybridized carbons (Fsp3) is 0.0952. The molecule has 0 bridgehead atoms. The Kier molecular flexibility index (Phi) is 5.43. The van der Waals surface area contributed by atoms with Gasteiger partial charge >= 0.3 is 5.91 Å². The van der Waals surface area contributed by atoms with E-state index in [9.17, 15) is 4.79 Å². The third kappa shape index (κ3) is 4.27. The number of rotatable bonds is 6. The highest BCUT2D eigenvalue weighted by Gasteiger charge is 2.19. The Morgan fingerprint density at radius 2 is 1.87 bits per heavy atom. The van der Waals surface area contributed by atoms with Crippen LogP contribution >= 0.6 is 0 Å². The van der Waals surface area contributed by atoms with Crippen molar-refractivity contribution >= 4 is 34.4 Å². The number of guanidine groups is 1. The molecule has 10 heteroatoms. The second kappa shape index (κ2) is 8.49. The molecular formula is C21H21N9O. The number of hydrogen-bond donors (Lipinski definition) is 5. The Hall–Kier alpha value is -4.47. The summed E-state index contributed by atoms with van der Waals surface area (Å²) in [6.45, 7) is 0.579. The number of hydrogen-bond acceptors (Lipinski definition) is 6. The van der Waals surface area contributed by atoms with Crippen molar-refractivity contribution in [3.63, 3.8) is 0 Å². The Labute approximate surface area is 177 Å². The highest BCUT2D eigenvalue weighted by molar-refractivity contribution is 6.03. The third-order valence-electron chi connectivity index (χ3n) is 4.67. The molecule has 0 atom stereocenters. The van der Waals surface area contributed by atoms with Crippen molar-refractivity contribution < 1.29 is 4.79 Å². The molecule has 0 unspecified atom stereocenters. The van der Waals surface area contributed by atoms with Gasteiger partial charge in [0.2, 0.25) is 0 Å². The molecule has 31 heavy (non-hydrogen) atoms. The van der Waals surface area contributed by atoms with Crippen molar-refractivity contribution in [2.75, 3.05) is 17.6 Å². The number of aliphatic imine (C=N–C) groups is 1. The van der Waals surface area contributed by atoms with Crippen LogP contribution in [0.2, 0.25) is 0 Å². The van der Waals surface area contributed by atoms with Crippen LogP contribution in [0.5, 0.6) is 0 Å². The van der Waals surface area contributed by atoms with Crippen molar-refractivity contribution in [1.82, 2.24) is 19.9 Å². The maximum absolute atomic E-state index is 12.3. The summed E-state index contributed by atoms with van der Waals surface area (Å²) < 4.78 is 0. The average molecular weight is 415 g/mol. The fourth-order valence-electron chi connectivity index (χ4n) is 3.26. The first-order valence-corrected chi connectivity index (χ1v) is 9.53. The molecule has 0 saturated carbocycles. The highest BCUT2D eigenvalue weighted by Crippen LogP contribution is 2.27. The number of nitrogens with one attached hydrogen (secondary N) is 2. The number of carbonyl (C=O) groups excluding carboxylic acids is 1. The molecule has 0 aliphatic heterocycles. The van der Waals surface area contributed by atoms with Gasteiger partial charge < -0.3 is 27.5 Å². The van der Waals surface area contributed by atoms with E-state index in [2.05, 4.69) is 36.3 Å². The van der Waals surface area contributed by atoms with E-state index < -0.39 is 5.91 Å². The summed E-state index contributed by atoms with van der Waals surface area (Å²) in [6.07, 6.45) is 5.99. The van der Waals surface area contributed by atoms with Crippen LogP contribution in [0.3, 0.4) is 0 Å². The largest absolute Gasteiger partial charge is 0.382 e. The predicted molar refractivity (Wildman–Crippen MR) is 120 cm³/mol. The lowest BCUT2D eigenvalue weighted by Gasteiger charge is -2.13. The molecule has 156 valence electrons. The molecule has 1 amide bonds. The molecule has 0 aliphatic rings. The zero-order chi connectivity index (χ0) is 21.8. The number of H-pyrrole nitrogens is 1. The minimum atomic E-state index is -0.759. The predicted octanol–water partition coefficient (Wildman–Crippen LogP) is 1.67. The Morgan fingerprint density at radius 1 is 1.10 bits per heavy atom. The molecule has 4 aromatic rings. The van der Waals surface area contributed by atoms with E-state index in [-0.39, 0.29) is 17.5 Å². The number of fused-ring (bicyclic) bond motifs is 1. The highest BCUT2D eigenvalue weighted by atomic mass is 16.1. The first-order valence-electron chi connectivity index (χ1n) is 9.53. The summed E-state index contributed by atoms with van der Waals surface area (Å²) in [5.74, 6) is -0.754. The van der Waals surface area contributed by atoms with Crippen LogP contribution in [0.25, 0.3) is 22.2 Å². The molecule has 1 aromatic carbocycles. The summed E-state index contributed by atoms with van der Waals surface area (Å²) in [6, 6.07) is 11.6. The number of para-hydroxylation sites is 1. The van der Waals surface area contributed by atoms with Gasteiger partial charge in [0.05, 0.1) is 0 Å². The number of anilines is 2. The molecule has 3 aromatic heterocycles. The zero-order valence-electron chi connectivity index (χ0n) is 16.5. The van der Waals surface area contributed by atoms with E-state index >= 15 is 0 Å². The summed E-state index contributed by atoms with van der Waals surface area (Å²) in [4.78, 5) is 31.9. The second-order valence-corrected chi connectivity index (χ2v) is 6.77. The maximum atomic E-state index is 12.3. The lowest BCUT2D eigenvalue weighted by atomic mass is 10.1. The van der Waals surface area contributed by atoms with Gasteiger partial charge in [0.1, 0.15) is 5.69 Å². The van der Waals surface area contributed by atoms with E-state index in [0.717, 1.165) is 17.5 Å². The minimum absolute atomic E-state index is 0.0672. The van der Waals surface area contributed by atoms with Crippen molar-refractivity contribution in [2.45, 2.75) is 6.42 Å². The van der Waals surface area contributed by atoms with Crippen LogP contribution in [0.4, 0.5) is 11.6 Å². The van der Waals surface area contributed by atoms with Gasteiger partial charge in [-0.25, -0.2) is 9.97 Å². The van der Waals surface area contributed by atoms with Gasteiger partial charge in [-0.05, 0) is 30.2 Å². The van der Waals surface area contributed by atoms with E-state index in [1.54, 1.807) is 24.5 Å². The molecule has 0 aliphatic carbocycles. The zero-order valence-corrected chi connectivity index (χ0v) is 16.5. The van der Waals surface area contributed by atoms with Gasteiger partial charge in [-0.2, -0.15) is 4.99 Å². The molecule has 8 N–H and O–H groups in total. The van der Waals surface area contributed by atoms with Crippen molar-refractivity contribution in [1.29, 1.82) is 0 Å². The van der Waals surface area contributed by atoms with E-state index in [0.29, 0.717) is 18.1 Å². The molecule has 0 saturated heterocycles. The first kappa shape index (κ1) is 19.8. The monoisotopic (exact) mass is 415 g/mol. The Bertz CT molecular complexity index is 1260. The van der Waals surface area contributed by atoms with Crippen molar-refractivity contribution in [3.05, 3.63) is 66.2 Å². The van der Waals surface area contributed by atoms with Gasteiger partial charge in [-0.15, -0.1) is 0 Å². The number of benzene rings is 1. The summed E-state index contributed by atoms with van der Waals surface area (Å²) in [5.41, 5.74) is 19.9. The van der Waals surface area contributed by atoms with Crippen LogP contribution in [0, 0.1) is 0 Å². The molecule has 0 radical (unpaired) electrons. The van der Waals surface area contributed by atoms with Crippen LogP contribution in [-0.4, -0.2) is 38.3 Å². The minimum Gasteiger partial charge on any atom is -0.382 e. The molecule has 0 fully saturated rings. The van der Waals surface area contributed by atoms with E-state index in [4.69, 9.17) is 17.2 Å². The maximum Gasteiger partial charge on any atom is 0.302 e. The number of nitrogens with two attached hydrogens (primary N) is 3. The average Bonchev–Trinajstić information content (AvgIpc) is 3.17. The Balaban J connectivity index is 1.63. The van der Waals surface area contributed by atoms with Gasteiger partial charge in [0.15, 0.2) is 23.3 Å². The molecule has 3 heterocycles. The number of aromatic nitrogens is 4. The molecular weight excluding hydrogens is 394 g/mol. The SMILES string of the molecule is NC(N)=NC(=O)c1nc(-c2ccncc2)c(NCCc2c[nH]c3ccccc23)nc1N. The van der Waals surface area contributed by atoms with Crippen LogP contribution in [-0.2, 0) is 6.42 Å². The summed E-state index contributed by atoms with van der Waals surface area (Å²) >= 11 is 0. The van der Waals surface area contributed by atoms with E-state index in [1.165, 1.54) is 10.9 Å². The number of nitrogen functional groups attached to an aromatic ring is 1. The molecule has 4 rings (SSSR count). The first-order chi connectivity index (χ1) is 15.0.